The highest BCUT2D eigenvalue weighted by Gasteiger charge is 2.13. The highest BCUT2D eigenvalue weighted by atomic mass is 16.6. The van der Waals surface area contributed by atoms with Gasteiger partial charge in [-0.25, -0.2) is 28.8 Å². The first-order chi connectivity index (χ1) is 18.1. The zero-order chi connectivity index (χ0) is 28.8. The average molecular weight is 545 g/mol. The molecule has 14 nitrogen and oxygen atoms in total. The maximum absolute atomic E-state index is 11.9. The van der Waals surface area contributed by atoms with E-state index in [1.54, 1.807) is 14.1 Å². The van der Waals surface area contributed by atoms with Crippen LogP contribution in [0.15, 0.2) is 25.3 Å². The summed E-state index contributed by atoms with van der Waals surface area (Å²) in [7, 11) is 3.16. The number of ether oxygens (including phenoxy) is 6. The van der Waals surface area contributed by atoms with E-state index in [2.05, 4.69) is 22.6 Å². The van der Waals surface area contributed by atoms with E-state index in [0.29, 0.717) is 13.1 Å². The van der Waals surface area contributed by atoms with E-state index >= 15 is 0 Å². The molecule has 0 heterocycles. The molecule has 0 atom stereocenters. The summed E-state index contributed by atoms with van der Waals surface area (Å²) in [5.41, 5.74) is 0. The quantitative estimate of drug-likeness (QED) is 0.0990. The van der Waals surface area contributed by atoms with Gasteiger partial charge in [0.1, 0.15) is 26.4 Å². The molecular formula is C24H36N2O12. The van der Waals surface area contributed by atoms with Gasteiger partial charge in [0.05, 0.1) is 0 Å². The van der Waals surface area contributed by atoms with Crippen LogP contribution in [-0.4, -0.2) is 113 Å². The predicted molar refractivity (Wildman–Crippen MR) is 131 cm³/mol. The Morgan fingerprint density at radius 1 is 0.553 bits per heavy atom. The van der Waals surface area contributed by atoms with E-state index < -0.39 is 49.3 Å². The number of rotatable bonds is 19. The van der Waals surface area contributed by atoms with Gasteiger partial charge in [-0.15, -0.1) is 0 Å². The van der Waals surface area contributed by atoms with Crippen molar-refractivity contribution in [3.63, 3.8) is 0 Å². The fourth-order valence-electron chi connectivity index (χ4n) is 2.48. The molecule has 0 fully saturated rings. The average Bonchev–Trinajstić information content (AvgIpc) is 2.91. The second kappa shape index (κ2) is 21.0. The van der Waals surface area contributed by atoms with Crippen molar-refractivity contribution in [1.29, 1.82) is 0 Å². The van der Waals surface area contributed by atoms with Crippen LogP contribution in [0.4, 0.5) is 9.59 Å². The van der Waals surface area contributed by atoms with Gasteiger partial charge in [-0.05, 0) is 12.8 Å². The molecular weight excluding hydrogens is 508 g/mol. The van der Waals surface area contributed by atoms with E-state index in [1.807, 2.05) is 0 Å². The molecule has 0 unspecified atom stereocenters. The largest absolute Gasteiger partial charge is 0.460 e. The van der Waals surface area contributed by atoms with Crippen LogP contribution in [0, 0.1) is 0 Å². The van der Waals surface area contributed by atoms with Gasteiger partial charge in [0, 0.05) is 39.3 Å². The zero-order valence-electron chi connectivity index (χ0n) is 21.8. The van der Waals surface area contributed by atoms with Gasteiger partial charge in [-0.3, -0.25) is 0 Å². The summed E-state index contributed by atoms with van der Waals surface area (Å²) >= 11 is 0. The fraction of sp³-hybridized carbons (Fsp3) is 0.583. The topological polar surface area (TPSA) is 164 Å². The number of amides is 2. The van der Waals surface area contributed by atoms with Crippen LogP contribution in [0.1, 0.15) is 25.7 Å². The molecule has 214 valence electrons. The van der Waals surface area contributed by atoms with Crippen molar-refractivity contribution >= 4 is 36.1 Å². The lowest BCUT2D eigenvalue weighted by Gasteiger charge is -2.18. The monoisotopic (exact) mass is 544 g/mol. The molecule has 0 rings (SSSR count). The molecule has 0 aromatic carbocycles. The van der Waals surface area contributed by atoms with Crippen molar-refractivity contribution in [2.75, 3.05) is 66.8 Å². The van der Waals surface area contributed by atoms with Crippen molar-refractivity contribution in [3.8, 4) is 0 Å². The number of carbonyl (C=O) groups is 6. The lowest BCUT2D eigenvalue weighted by Crippen LogP contribution is -2.30. The number of unbranched alkanes of at least 4 members (excludes halogenated alkanes) is 3. The number of carbonyl (C=O) groups excluding carboxylic acids is 6. The van der Waals surface area contributed by atoms with Crippen molar-refractivity contribution in [1.82, 2.24) is 9.80 Å². The van der Waals surface area contributed by atoms with Crippen LogP contribution in [0.5, 0.6) is 0 Å². The Labute approximate surface area is 221 Å². The minimum Gasteiger partial charge on any atom is -0.460 e. The van der Waals surface area contributed by atoms with Crippen LogP contribution in [0.2, 0.25) is 0 Å². The Balaban J connectivity index is 3.77. The van der Waals surface area contributed by atoms with Crippen LogP contribution >= 0.6 is 0 Å². The van der Waals surface area contributed by atoms with Crippen LogP contribution in [0.3, 0.4) is 0 Å². The normalized spacial score (nSPS) is 9.84. The first kappa shape index (κ1) is 33.9. The van der Waals surface area contributed by atoms with Gasteiger partial charge in [0.15, 0.2) is 13.2 Å². The third-order valence-electron chi connectivity index (χ3n) is 4.50. The highest BCUT2D eigenvalue weighted by Crippen LogP contribution is 2.04. The lowest BCUT2D eigenvalue weighted by atomic mass is 10.2. The predicted octanol–water partition coefficient (Wildman–Crippen LogP) is 1.23. The maximum atomic E-state index is 11.9. The zero-order valence-corrected chi connectivity index (χ0v) is 21.8. The number of hydrogen-bond acceptors (Lipinski definition) is 12. The third kappa shape index (κ3) is 18.2. The summed E-state index contributed by atoms with van der Waals surface area (Å²) < 4.78 is 28.5. The minimum atomic E-state index is -0.769. The van der Waals surface area contributed by atoms with Gasteiger partial charge >= 0.3 is 36.1 Å². The smallest absolute Gasteiger partial charge is 0.409 e. The Morgan fingerprint density at radius 3 is 1.24 bits per heavy atom. The molecule has 0 bridgehead atoms. The summed E-state index contributed by atoms with van der Waals surface area (Å²) in [6.45, 7) is 5.59. The number of esters is 4. The number of hydrogen-bond donors (Lipinski definition) is 0. The van der Waals surface area contributed by atoms with E-state index in [1.165, 1.54) is 9.80 Å². The second-order valence-corrected chi connectivity index (χ2v) is 7.55. The molecule has 38 heavy (non-hydrogen) atoms. The molecule has 0 spiro atoms. The van der Waals surface area contributed by atoms with Crippen LogP contribution in [-0.2, 0) is 47.6 Å². The van der Waals surface area contributed by atoms with Crippen LogP contribution in [0.25, 0.3) is 0 Å². The number of nitrogens with zero attached hydrogens (tertiary/aromatic N) is 2. The molecule has 0 aromatic rings. The minimum absolute atomic E-state index is 0.139. The first-order valence-corrected chi connectivity index (χ1v) is 11.8. The summed E-state index contributed by atoms with van der Waals surface area (Å²) in [6.07, 6.45) is 3.77. The van der Waals surface area contributed by atoms with Gasteiger partial charge < -0.3 is 38.2 Å². The molecule has 14 heteroatoms. The molecule has 0 aliphatic heterocycles. The van der Waals surface area contributed by atoms with Crippen LogP contribution < -0.4 is 0 Å². The Bertz CT molecular complexity index is 748. The summed E-state index contributed by atoms with van der Waals surface area (Å²) in [4.78, 5) is 71.0. The fourth-order valence-corrected chi connectivity index (χ4v) is 2.48. The molecule has 0 N–H and O–H groups in total. The summed E-state index contributed by atoms with van der Waals surface area (Å²) in [5, 5.41) is 0. The second-order valence-electron chi connectivity index (χ2n) is 7.55. The van der Waals surface area contributed by atoms with Gasteiger partial charge in [0.2, 0.25) is 0 Å². The van der Waals surface area contributed by atoms with Crippen molar-refractivity contribution in [3.05, 3.63) is 25.3 Å². The van der Waals surface area contributed by atoms with E-state index in [9.17, 15) is 28.8 Å². The lowest BCUT2D eigenvalue weighted by molar-refractivity contribution is -0.156. The molecule has 0 radical (unpaired) electrons. The third-order valence-corrected chi connectivity index (χ3v) is 4.50. The summed E-state index contributed by atoms with van der Waals surface area (Å²) in [6, 6.07) is 0. The molecule has 0 saturated heterocycles. The van der Waals surface area contributed by atoms with E-state index in [-0.39, 0.29) is 26.4 Å². The van der Waals surface area contributed by atoms with Gasteiger partial charge in [-0.1, -0.05) is 26.0 Å². The summed E-state index contributed by atoms with van der Waals surface area (Å²) in [5.74, 6) is -3.03. The highest BCUT2D eigenvalue weighted by molar-refractivity contribution is 5.84. The molecule has 0 aromatic heterocycles. The van der Waals surface area contributed by atoms with Crippen molar-refractivity contribution in [2.45, 2.75) is 25.7 Å². The molecule has 0 saturated carbocycles. The van der Waals surface area contributed by atoms with E-state index in [4.69, 9.17) is 18.9 Å². The maximum Gasteiger partial charge on any atom is 0.409 e. The Kier molecular flexibility index (Phi) is 18.8. The first-order valence-electron chi connectivity index (χ1n) is 11.8. The van der Waals surface area contributed by atoms with Crippen molar-refractivity contribution < 1.29 is 57.2 Å². The molecule has 0 aliphatic carbocycles. The Hall–Kier alpha value is -4.10. The van der Waals surface area contributed by atoms with Gasteiger partial charge in [0.25, 0.3) is 0 Å². The SMILES string of the molecule is C=CC(=O)OCC(=O)OCCOC(=O)N(C)CCCCCCN(C)C(=O)OCCOC(=O)COC(=O)C=C. The molecule has 2 amide bonds. The standard InChI is InChI=1S/C24H36N2O12/c1-5-19(27)37-17-21(29)33-13-15-35-23(31)25(3)11-9-7-8-10-12-26(4)24(32)36-16-14-34-22(30)18-38-20(28)6-2/h5-6H,1-2,7-18H2,3-4H3. The van der Waals surface area contributed by atoms with Gasteiger partial charge in [-0.2, -0.15) is 0 Å². The van der Waals surface area contributed by atoms with Crippen molar-refractivity contribution in [2.24, 2.45) is 0 Å². The Morgan fingerprint density at radius 2 is 0.895 bits per heavy atom. The van der Waals surface area contributed by atoms with E-state index in [0.717, 1.165) is 37.8 Å². The molecule has 0 aliphatic rings.